The first-order chi connectivity index (χ1) is 15.9. The summed E-state index contributed by atoms with van der Waals surface area (Å²) in [5.74, 6) is 0.118. The monoisotopic (exact) mass is 497 g/mol. The molecule has 1 aliphatic rings. The molecular formula is C24H20ClN3O3S2. The van der Waals surface area contributed by atoms with Crippen molar-refractivity contribution in [2.24, 2.45) is 4.99 Å². The summed E-state index contributed by atoms with van der Waals surface area (Å²) in [6.45, 7) is 1.96. The highest BCUT2D eigenvalue weighted by Crippen LogP contribution is 2.34. The van der Waals surface area contributed by atoms with Gasteiger partial charge < -0.3 is 10.1 Å². The highest BCUT2D eigenvalue weighted by Gasteiger charge is 2.33. The van der Waals surface area contributed by atoms with E-state index in [0.29, 0.717) is 27.3 Å². The first kappa shape index (κ1) is 23.1. The summed E-state index contributed by atoms with van der Waals surface area (Å²) in [6.07, 6.45) is 1.74. The van der Waals surface area contributed by atoms with Gasteiger partial charge in [0, 0.05) is 10.6 Å². The van der Waals surface area contributed by atoms with E-state index in [0.717, 1.165) is 16.1 Å². The van der Waals surface area contributed by atoms with Gasteiger partial charge >= 0.3 is 0 Å². The van der Waals surface area contributed by atoms with Crippen LogP contribution >= 0.6 is 34.7 Å². The van der Waals surface area contributed by atoms with Crippen LogP contribution in [-0.4, -0.2) is 29.8 Å². The molecule has 2 amide bonds. The number of aliphatic imine (C=N–C) groups is 1. The topological polar surface area (TPSA) is 71.0 Å². The zero-order valence-electron chi connectivity index (χ0n) is 17.9. The second-order valence-electron chi connectivity index (χ2n) is 7.11. The second kappa shape index (κ2) is 10.2. The van der Waals surface area contributed by atoms with Crippen molar-refractivity contribution in [3.05, 3.63) is 81.1 Å². The molecule has 0 atom stereocenters. The number of anilines is 2. The van der Waals surface area contributed by atoms with Crippen molar-refractivity contribution in [3.63, 3.8) is 0 Å². The summed E-state index contributed by atoms with van der Waals surface area (Å²) in [7, 11) is 1.53. The molecule has 0 bridgehead atoms. The molecular weight excluding hydrogens is 478 g/mol. The van der Waals surface area contributed by atoms with E-state index in [9.17, 15) is 9.59 Å². The molecule has 1 N–H and O–H groups in total. The molecule has 0 spiro atoms. The molecule has 4 rings (SSSR count). The van der Waals surface area contributed by atoms with Gasteiger partial charge in [0.1, 0.15) is 11.4 Å². The quantitative estimate of drug-likeness (QED) is 0.435. The Morgan fingerprint density at radius 3 is 2.79 bits per heavy atom. The predicted molar refractivity (Wildman–Crippen MR) is 137 cm³/mol. The number of hydrogen-bond donors (Lipinski definition) is 1. The van der Waals surface area contributed by atoms with Crippen LogP contribution in [0.1, 0.15) is 10.4 Å². The highest BCUT2D eigenvalue weighted by atomic mass is 35.5. The number of benzene rings is 2. The molecule has 0 saturated carbocycles. The van der Waals surface area contributed by atoms with E-state index < -0.39 is 0 Å². The molecule has 168 valence electrons. The van der Waals surface area contributed by atoms with E-state index in [4.69, 9.17) is 16.3 Å². The summed E-state index contributed by atoms with van der Waals surface area (Å²) < 4.78 is 5.22. The van der Waals surface area contributed by atoms with E-state index in [1.54, 1.807) is 24.3 Å². The summed E-state index contributed by atoms with van der Waals surface area (Å²) in [5.41, 5.74) is 2.62. The molecule has 33 heavy (non-hydrogen) atoms. The Balaban J connectivity index is 1.57. The van der Waals surface area contributed by atoms with Crippen molar-refractivity contribution in [1.82, 2.24) is 0 Å². The molecule has 0 unspecified atom stereocenters. The first-order valence-corrected chi connectivity index (χ1v) is 12.2. The van der Waals surface area contributed by atoms with Gasteiger partial charge in [-0.15, -0.1) is 11.3 Å². The van der Waals surface area contributed by atoms with E-state index in [-0.39, 0.29) is 17.6 Å². The van der Waals surface area contributed by atoms with Gasteiger partial charge in [-0.1, -0.05) is 41.6 Å². The fraction of sp³-hybridized carbons (Fsp3) is 0.125. The second-order valence-corrected chi connectivity index (χ2v) is 9.43. The first-order valence-electron chi connectivity index (χ1n) is 9.96. The number of halogens is 1. The van der Waals surface area contributed by atoms with Gasteiger partial charge in [0.25, 0.3) is 5.91 Å². The number of ether oxygens (including phenoxy) is 1. The molecule has 1 aliphatic heterocycles. The molecule has 2 aromatic carbocycles. The average molecular weight is 498 g/mol. The number of carbonyl (C=O) groups excluding carboxylic acids is 2. The lowest BCUT2D eigenvalue weighted by molar-refractivity contribution is -0.114. The van der Waals surface area contributed by atoms with Crippen LogP contribution in [-0.2, 0) is 9.59 Å². The van der Waals surface area contributed by atoms with E-state index in [1.807, 2.05) is 48.7 Å². The third-order valence-electron chi connectivity index (χ3n) is 4.68. The largest absolute Gasteiger partial charge is 0.495 e. The Hall–Kier alpha value is -3.07. The van der Waals surface area contributed by atoms with Crippen molar-refractivity contribution in [3.8, 4) is 5.75 Å². The fourth-order valence-electron chi connectivity index (χ4n) is 3.17. The smallest absolute Gasteiger partial charge is 0.283 e. The number of rotatable bonds is 6. The van der Waals surface area contributed by atoms with Crippen LogP contribution < -0.4 is 15.0 Å². The number of thiophene rings is 1. The summed E-state index contributed by atoms with van der Waals surface area (Å²) in [4.78, 5) is 32.7. The lowest BCUT2D eigenvalue weighted by Gasteiger charge is -2.18. The Kier molecular flexibility index (Phi) is 7.17. The van der Waals surface area contributed by atoms with E-state index in [2.05, 4.69) is 10.3 Å². The molecule has 6 nitrogen and oxygen atoms in total. The van der Waals surface area contributed by atoms with Crippen LogP contribution in [0.3, 0.4) is 0 Å². The summed E-state index contributed by atoms with van der Waals surface area (Å²) in [5, 5.41) is 5.59. The van der Waals surface area contributed by atoms with Gasteiger partial charge in [-0.25, -0.2) is 4.99 Å². The molecule has 0 aliphatic carbocycles. The Morgan fingerprint density at radius 1 is 1.24 bits per heavy atom. The van der Waals surface area contributed by atoms with Crippen LogP contribution in [0.5, 0.6) is 5.75 Å². The maximum Gasteiger partial charge on any atom is 0.283 e. The van der Waals surface area contributed by atoms with Gasteiger partial charge in [-0.05, 0) is 60.3 Å². The highest BCUT2D eigenvalue weighted by molar-refractivity contribution is 8.14. The third kappa shape index (κ3) is 5.47. The molecule has 1 aromatic heterocycles. The van der Waals surface area contributed by atoms with Gasteiger partial charge in [0.05, 0.1) is 23.6 Å². The number of nitrogens with zero attached hydrogens (tertiary/aromatic N) is 2. The number of methoxy groups -OCH3 is 1. The van der Waals surface area contributed by atoms with E-state index >= 15 is 0 Å². The number of amides is 2. The fourth-order valence-corrected chi connectivity index (χ4v) is 4.89. The minimum absolute atomic E-state index is 0.0900. The molecule has 2 heterocycles. The van der Waals surface area contributed by atoms with Crippen molar-refractivity contribution in [2.45, 2.75) is 6.92 Å². The van der Waals surface area contributed by atoms with E-state index in [1.165, 1.54) is 35.1 Å². The Morgan fingerprint density at radius 2 is 2.09 bits per heavy atom. The molecule has 9 heteroatoms. The predicted octanol–water partition coefficient (Wildman–Crippen LogP) is 5.83. The van der Waals surface area contributed by atoms with Crippen LogP contribution in [0.25, 0.3) is 6.08 Å². The lowest BCUT2D eigenvalue weighted by atomic mass is 10.2. The molecule has 3 aromatic rings. The standard InChI is InChI=1S/C24H20ClN3O3S2/c1-15-5-3-6-16(11-15)26-22(29)14-33-24-27-20(13-18-7-4-10-32-18)23(30)28(24)17-8-9-21(31-2)19(25)12-17/h3-13H,14H2,1-2H3,(H,26,29)/b20-13-. The number of carbonyl (C=O) groups is 2. The number of aryl methyl sites for hydroxylation is 1. The number of hydrogen-bond acceptors (Lipinski definition) is 6. The van der Waals surface area contributed by atoms with Crippen LogP contribution in [0, 0.1) is 6.92 Å². The summed E-state index contributed by atoms with van der Waals surface area (Å²) >= 11 is 9.00. The van der Waals surface area contributed by atoms with Crippen molar-refractivity contribution in [2.75, 3.05) is 23.1 Å². The zero-order valence-corrected chi connectivity index (χ0v) is 20.3. The Bertz CT molecular complexity index is 1260. The zero-order chi connectivity index (χ0) is 23.4. The molecule has 0 radical (unpaired) electrons. The summed E-state index contributed by atoms with van der Waals surface area (Å²) in [6, 6.07) is 16.5. The average Bonchev–Trinajstić information content (AvgIpc) is 3.40. The normalized spacial score (nSPS) is 14.5. The van der Waals surface area contributed by atoms with Crippen molar-refractivity contribution >= 4 is 69.1 Å². The SMILES string of the molecule is COc1ccc(N2C(=O)/C(=C/c3cccs3)N=C2SCC(=O)Nc2cccc(C)c2)cc1Cl. The number of amidine groups is 1. The minimum Gasteiger partial charge on any atom is -0.495 e. The van der Waals surface area contributed by atoms with Gasteiger partial charge in [-0.2, -0.15) is 0 Å². The molecule has 0 fully saturated rings. The maximum atomic E-state index is 13.2. The maximum absolute atomic E-state index is 13.2. The van der Waals surface area contributed by atoms with Crippen molar-refractivity contribution in [1.29, 1.82) is 0 Å². The van der Waals surface area contributed by atoms with Gasteiger partial charge in [-0.3, -0.25) is 14.5 Å². The minimum atomic E-state index is -0.286. The van der Waals surface area contributed by atoms with Crippen LogP contribution in [0.15, 0.2) is 70.7 Å². The van der Waals surface area contributed by atoms with Crippen LogP contribution in [0.4, 0.5) is 11.4 Å². The van der Waals surface area contributed by atoms with Gasteiger partial charge in [0.15, 0.2) is 5.17 Å². The Labute approximate surface area is 204 Å². The lowest BCUT2D eigenvalue weighted by Crippen LogP contribution is -2.31. The third-order valence-corrected chi connectivity index (χ3v) is 6.73. The van der Waals surface area contributed by atoms with Crippen molar-refractivity contribution < 1.29 is 14.3 Å². The van der Waals surface area contributed by atoms with Gasteiger partial charge in [0.2, 0.25) is 5.91 Å². The van der Waals surface area contributed by atoms with Crippen LogP contribution in [0.2, 0.25) is 5.02 Å². The number of thioether (sulfide) groups is 1. The number of nitrogens with one attached hydrogen (secondary N) is 1. The molecule has 0 saturated heterocycles.